The molecule has 0 amide bonds. The lowest BCUT2D eigenvalue weighted by atomic mass is 10.0. The first kappa shape index (κ1) is 27.4. The minimum atomic E-state index is 0.822. The highest BCUT2D eigenvalue weighted by atomic mass is 16.3. The van der Waals surface area contributed by atoms with E-state index in [1.807, 2.05) is 12.2 Å². The largest absolute Gasteiger partial charge is 0.455 e. The van der Waals surface area contributed by atoms with Crippen LogP contribution in [0.5, 0.6) is 0 Å². The molecule has 1 aliphatic carbocycles. The lowest BCUT2D eigenvalue weighted by Gasteiger charge is -2.26. The lowest BCUT2D eigenvalue weighted by Crippen LogP contribution is -2.10. The summed E-state index contributed by atoms with van der Waals surface area (Å²) in [6.07, 6.45) is 3.78. The van der Waals surface area contributed by atoms with E-state index in [-0.39, 0.29) is 0 Å². The Morgan fingerprint density at radius 3 is 2.04 bits per heavy atom. The van der Waals surface area contributed by atoms with E-state index in [9.17, 15) is 0 Å². The quantitative estimate of drug-likeness (QED) is 0.178. The number of hydrogen-bond acceptors (Lipinski definition) is 3. The summed E-state index contributed by atoms with van der Waals surface area (Å²) in [4.78, 5) is 2.30. The second kappa shape index (κ2) is 10.9. The molecule has 2 heterocycles. The average Bonchev–Trinajstić information content (AvgIpc) is 3.75. The van der Waals surface area contributed by atoms with E-state index in [0.717, 1.165) is 88.8 Å². The first-order valence-corrected chi connectivity index (χ1v) is 16.4. The molecule has 3 nitrogen and oxygen atoms in total. The Balaban J connectivity index is 1.14. The molecule has 7 aromatic carbocycles. The van der Waals surface area contributed by atoms with Crippen molar-refractivity contribution in [3.05, 3.63) is 174 Å². The van der Waals surface area contributed by atoms with E-state index < -0.39 is 0 Å². The third kappa shape index (κ3) is 4.47. The molecule has 0 saturated carbocycles. The Labute approximate surface area is 282 Å². The summed E-state index contributed by atoms with van der Waals surface area (Å²) in [6, 6.07) is 53.6. The van der Waals surface area contributed by atoms with Gasteiger partial charge in [-0.25, -0.2) is 0 Å². The highest BCUT2D eigenvalue weighted by Crippen LogP contribution is 2.44. The number of nitrogens with zero attached hydrogens (tertiary/aromatic N) is 1. The zero-order valence-corrected chi connectivity index (χ0v) is 26.4. The molecule has 9 aromatic rings. The van der Waals surface area contributed by atoms with Crippen molar-refractivity contribution >= 4 is 72.9 Å². The summed E-state index contributed by atoms with van der Waals surface area (Å²) in [5, 5.41) is 5.56. The molecule has 0 radical (unpaired) electrons. The van der Waals surface area contributed by atoms with Crippen molar-refractivity contribution in [2.24, 2.45) is 0 Å². The molecule has 0 atom stereocenters. The normalized spacial score (nSPS) is 12.0. The maximum atomic E-state index is 6.84. The fraction of sp³-hybridized carbons (Fsp3) is 0. The molecule has 0 N–H and O–H groups in total. The van der Waals surface area contributed by atoms with Crippen LogP contribution in [0, 0.1) is 0 Å². The highest BCUT2D eigenvalue weighted by Gasteiger charge is 2.21. The fourth-order valence-electron chi connectivity index (χ4n) is 7.16. The van der Waals surface area contributed by atoms with Gasteiger partial charge >= 0.3 is 0 Å². The van der Waals surface area contributed by atoms with Crippen molar-refractivity contribution in [3.63, 3.8) is 0 Å². The zero-order valence-electron chi connectivity index (χ0n) is 26.4. The van der Waals surface area contributed by atoms with Crippen molar-refractivity contribution in [3.8, 4) is 22.3 Å². The van der Waals surface area contributed by atoms with E-state index in [4.69, 9.17) is 8.83 Å². The van der Waals surface area contributed by atoms with Gasteiger partial charge in [-0.2, -0.15) is 0 Å². The smallest absolute Gasteiger partial charge is 0.159 e. The van der Waals surface area contributed by atoms with E-state index in [1.165, 1.54) is 5.56 Å². The Hall–Kier alpha value is -6.76. The Bertz CT molecular complexity index is 2840. The average molecular weight is 626 g/mol. The van der Waals surface area contributed by atoms with Gasteiger partial charge in [0.15, 0.2) is 5.58 Å². The number of anilines is 3. The van der Waals surface area contributed by atoms with Crippen LogP contribution in [0.3, 0.4) is 0 Å². The molecule has 0 bridgehead atoms. The minimum absolute atomic E-state index is 0.822. The zero-order chi connectivity index (χ0) is 32.3. The van der Waals surface area contributed by atoms with Crippen molar-refractivity contribution in [2.45, 2.75) is 0 Å². The SMILES string of the molecule is C1=C=Cc2c(oc3cc(-c4ccc(N(c5cccc(-c6ccccc6)c5)c5cccc6c5oc5c7ccccc7ccc65)cc4)ccc23)C=1. The molecule has 49 heavy (non-hydrogen) atoms. The van der Waals surface area contributed by atoms with Crippen LogP contribution in [-0.2, 0) is 0 Å². The molecule has 0 fully saturated rings. The number of rotatable bonds is 5. The van der Waals surface area contributed by atoms with Gasteiger partial charge in [0, 0.05) is 50.6 Å². The number of fused-ring (bicyclic) bond motifs is 8. The number of hydrogen-bond donors (Lipinski definition) is 0. The lowest BCUT2D eigenvalue weighted by molar-refractivity contribution is 0.603. The van der Waals surface area contributed by atoms with Crippen molar-refractivity contribution in [2.75, 3.05) is 4.90 Å². The number of benzene rings is 7. The molecule has 0 saturated heterocycles. The Morgan fingerprint density at radius 1 is 0.429 bits per heavy atom. The van der Waals surface area contributed by atoms with Gasteiger partial charge in [0.25, 0.3) is 0 Å². The van der Waals surface area contributed by atoms with Crippen LogP contribution in [0.15, 0.2) is 172 Å². The van der Waals surface area contributed by atoms with Crippen molar-refractivity contribution in [1.29, 1.82) is 0 Å². The van der Waals surface area contributed by atoms with Crippen LogP contribution in [-0.4, -0.2) is 0 Å². The summed E-state index contributed by atoms with van der Waals surface area (Å²) in [5.41, 5.74) is 17.3. The summed E-state index contributed by atoms with van der Waals surface area (Å²) in [6.45, 7) is 0. The maximum absolute atomic E-state index is 6.84. The summed E-state index contributed by atoms with van der Waals surface area (Å²) < 4.78 is 13.0. The molecule has 2 aromatic heterocycles. The molecule has 10 rings (SSSR count). The van der Waals surface area contributed by atoms with E-state index in [0.29, 0.717) is 0 Å². The Kier molecular flexibility index (Phi) is 6.09. The molecular weight excluding hydrogens is 599 g/mol. The van der Waals surface area contributed by atoms with E-state index in [1.54, 1.807) is 0 Å². The van der Waals surface area contributed by atoms with Gasteiger partial charge in [-0.1, -0.05) is 115 Å². The standard InChI is InChI=1S/C46H27NO2/c1-2-10-30(11-3-1)33-13-8-14-36(28-33)47(42-18-9-17-40-41-27-22-32-12-4-5-15-37(32)45(41)49-46(40)42)35-24-20-31(21-25-35)34-23-26-39-38-16-6-7-19-43(38)48-44(39)29-34/h1-5,8-29H. The molecule has 228 valence electrons. The molecule has 1 aliphatic rings. The first-order chi connectivity index (χ1) is 24.3. The van der Waals surface area contributed by atoms with Gasteiger partial charge in [-0.15, -0.1) is 0 Å². The molecular formula is C46H27NO2. The molecule has 0 aliphatic heterocycles. The summed E-state index contributed by atoms with van der Waals surface area (Å²) in [7, 11) is 0. The molecule has 0 spiro atoms. The van der Waals surface area contributed by atoms with Crippen LogP contribution in [0.2, 0.25) is 0 Å². The van der Waals surface area contributed by atoms with Crippen LogP contribution < -0.4 is 4.90 Å². The third-order valence-electron chi connectivity index (χ3n) is 9.54. The summed E-state index contributed by atoms with van der Waals surface area (Å²) in [5.74, 6) is 0.822. The predicted octanol–water partition coefficient (Wildman–Crippen LogP) is 13.1. The second-order valence-corrected chi connectivity index (χ2v) is 12.4. The monoisotopic (exact) mass is 625 g/mol. The molecule has 3 heteroatoms. The van der Waals surface area contributed by atoms with Crippen LogP contribution >= 0.6 is 0 Å². The van der Waals surface area contributed by atoms with Gasteiger partial charge in [-0.05, 0) is 76.2 Å². The fourth-order valence-corrected chi connectivity index (χ4v) is 7.16. The third-order valence-corrected chi connectivity index (χ3v) is 9.54. The van der Waals surface area contributed by atoms with Gasteiger partial charge in [0.2, 0.25) is 0 Å². The highest BCUT2D eigenvalue weighted by molar-refractivity contribution is 6.17. The van der Waals surface area contributed by atoms with Crippen LogP contribution in [0.1, 0.15) is 11.3 Å². The summed E-state index contributed by atoms with van der Waals surface area (Å²) >= 11 is 0. The first-order valence-electron chi connectivity index (χ1n) is 16.4. The van der Waals surface area contributed by atoms with Gasteiger partial charge in [-0.3, -0.25) is 0 Å². The van der Waals surface area contributed by atoms with Crippen LogP contribution in [0.4, 0.5) is 17.1 Å². The predicted molar refractivity (Wildman–Crippen MR) is 203 cm³/mol. The van der Waals surface area contributed by atoms with Gasteiger partial charge in [0.1, 0.15) is 16.9 Å². The minimum Gasteiger partial charge on any atom is -0.455 e. The number of furan rings is 2. The van der Waals surface area contributed by atoms with E-state index in [2.05, 4.69) is 168 Å². The maximum Gasteiger partial charge on any atom is 0.159 e. The van der Waals surface area contributed by atoms with Gasteiger partial charge < -0.3 is 13.7 Å². The van der Waals surface area contributed by atoms with Gasteiger partial charge in [0.05, 0.1) is 5.69 Å². The number of para-hydroxylation sites is 1. The molecule has 0 unspecified atom stereocenters. The van der Waals surface area contributed by atoms with Crippen molar-refractivity contribution < 1.29 is 8.83 Å². The van der Waals surface area contributed by atoms with E-state index >= 15 is 0 Å². The second-order valence-electron chi connectivity index (χ2n) is 12.4. The Morgan fingerprint density at radius 2 is 1.12 bits per heavy atom. The van der Waals surface area contributed by atoms with Crippen molar-refractivity contribution in [1.82, 2.24) is 0 Å². The van der Waals surface area contributed by atoms with Crippen LogP contribution in [0.25, 0.3) is 78.1 Å². The topological polar surface area (TPSA) is 29.5 Å².